The van der Waals surface area contributed by atoms with Crippen LogP contribution < -0.4 is 5.73 Å². The summed E-state index contributed by atoms with van der Waals surface area (Å²) in [5.41, 5.74) is 6.81. The standard InChI is InChI=1S/C10H11BrINO2/c1-15-10(14)5-9(13)6-2-7(11)4-8(12)3-6/h2-4,9H,5,13H2,1H3/t9-/m0/s1. The van der Waals surface area contributed by atoms with Crippen LogP contribution in [0.2, 0.25) is 0 Å². The smallest absolute Gasteiger partial charge is 0.307 e. The highest BCUT2D eigenvalue weighted by atomic mass is 127. The number of halogens is 2. The van der Waals surface area contributed by atoms with Crippen LogP contribution in [0.4, 0.5) is 0 Å². The molecule has 5 heteroatoms. The number of carbonyl (C=O) groups is 1. The van der Waals surface area contributed by atoms with Crippen LogP contribution in [0.1, 0.15) is 18.0 Å². The van der Waals surface area contributed by atoms with Crippen LogP contribution in [0.3, 0.4) is 0 Å². The van der Waals surface area contributed by atoms with Crippen LogP contribution in [0.15, 0.2) is 22.7 Å². The maximum absolute atomic E-state index is 11.0. The summed E-state index contributed by atoms with van der Waals surface area (Å²) in [6.07, 6.45) is 0.197. The lowest BCUT2D eigenvalue weighted by Gasteiger charge is -2.11. The van der Waals surface area contributed by atoms with Crippen LogP contribution in [0.5, 0.6) is 0 Å². The zero-order valence-corrected chi connectivity index (χ0v) is 11.9. The summed E-state index contributed by atoms with van der Waals surface area (Å²) in [4.78, 5) is 11.0. The summed E-state index contributed by atoms with van der Waals surface area (Å²) in [5.74, 6) is -0.294. The molecule has 3 nitrogen and oxygen atoms in total. The molecule has 0 aliphatic rings. The van der Waals surface area contributed by atoms with Gasteiger partial charge in [-0.15, -0.1) is 0 Å². The lowest BCUT2D eigenvalue weighted by Crippen LogP contribution is -2.16. The number of carbonyl (C=O) groups excluding carboxylic acids is 1. The first-order valence-electron chi connectivity index (χ1n) is 4.31. The van der Waals surface area contributed by atoms with E-state index >= 15 is 0 Å². The average Bonchev–Trinajstić information content (AvgIpc) is 2.16. The largest absolute Gasteiger partial charge is 0.469 e. The van der Waals surface area contributed by atoms with Crippen LogP contribution in [0.25, 0.3) is 0 Å². The molecule has 1 atom stereocenters. The fourth-order valence-corrected chi connectivity index (χ4v) is 2.80. The molecule has 1 rings (SSSR count). The summed E-state index contributed by atoms with van der Waals surface area (Å²) >= 11 is 5.59. The predicted molar refractivity (Wildman–Crippen MR) is 70.4 cm³/mol. The topological polar surface area (TPSA) is 52.3 Å². The van der Waals surface area contributed by atoms with E-state index in [0.29, 0.717) is 0 Å². The fraction of sp³-hybridized carbons (Fsp3) is 0.300. The molecule has 0 fully saturated rings. The van der Waals surface area contributed by atoms with Crippen LogP contribution in [0, 0.1) is 3.57 Å². The number of rotatable bonds is 3. The Kier molecular flexibility index (Phi) is 5.01. The van der Waals surface area contributed by atoms with E-state index in [1.54, 1.807) is 0 Å². The Labute approximate surface area is 111 Å². The molecule has 0 saturated heterocycles. The van der Waals surface area contributed by atoms with Gasteiger partial charge in [-0.2, -0.15) is 0 Å². The van der Waals surface area contributed by atoms with E-state index in [-0.39, 0.29) is 18.4 Å². The summed E-state index contributed by atoms with van der Waals surface area (Å²) in [6.45, 7) is 0. The van der Waals surface area contributed by atoms with Crippen molar-refractivity contribution in [2.24, 2.45) is 5.73 Å². The van der Waals surface area contributed by atoms with Crippen molar-refractivity contribution in [3.8, 4) is 0 Å². The highest BCUT2D eigenvalue weighted by molar-refractivity contribution is 14.1. The van der Waals surface area contributed by atoms with Crippen LogP contribution in [-0.2, 0) is 9.53 Å². The quantitative estimate of drug-likeness (QED) is 0.644. The van der Waals surface area contributed by atoms with Gasteiger partial charge in [-0.1, -0.05) is 15.9 Å². The summed E-state index contributed by atoms with van der Waals surface area (Å²) in [5, 5.41) is 0. The lowest BCUT2D eigenvalue weighted by atomic mass is 10.1. The van der Waals surface area contributed by atoms with E-state index in [4.69, 9.17) is 5.73 Å². The average molecular weight is 384 g/mol. The van der Waals surface area contributed by atoms with Crippen molar-refractivity contribution in [3.63, 3.8) is 0 Å². The first kappa shape index (κ1) is 12.9. The summed E-state index contributed by atoms with van der Waals surface area (Å²) < 4.78 is 6.61. The van der Waals surface area contributed by atoms with Crippen LogP contribution >= 0.6 is 38.5 Å². The van der Waals surface area contributed by atoms with Gasteiger partial charge < -0.3 is 10.5 Å². The fourth-order valence-electron chi connectivity index (χ4n) is 1.17. The molecule has 0 amide bonds. The van der Waals surface area contributed by atoms with Crippen molar-refractivity contribution in [1.82, 2.24) is 0 Å². The second kappa shape index (κ2) is 5.81. The number of methoxy groups -OCH3 is 1. The zero-order valence-electron chi connectivity index (χ0n) is 8.17. The molecule has 82 valence electrons. The predicted octanol–water partition coefficient (Wildman–Crippen LogP) is 2.62. The highest BCUT2D eigenvalue weighted by Gasteiger charge is 2.12. The first-order chi connectivity index (χ1) is 7.02. The summed E-state index contributed by atoms with van der Waals surface area (Å²) in [6, 6.07) is 5.53. The zero-order chi connectivity index (χ0) is 11.4. The van der Waals surface area contributed by atoms with E-state index in [1.807, 2.05) is 18.2 Å². The van der Waals surface area contributed by atoms with E-state index < -0.39 is 0 Å². The Balaban J connectivity index is 2.81. The molecule has 0 spiro atoms. The van der Waals surface area contributed by atoms with Gasteiger partial charge in [0, 0.05) is 14.1 Å². The van der Waals surface area contributed by atoms with Gasteiger partial charge in [-0.25, -0.2) is 0 Å². The monoisotopic (exact) mass is 383 g/mol. The molecule has 0 heterocycles. The summed E-state index contributed by atoms with van der Waals surface area (Å²) in [7, 11) is 1.36. The molecule has 0 radical (unpaired) electrons. The van der Waals surface area contributed by atoms with Crippen molar-refractivity contribution in [3.05, 3.63) is 31.8 Å². The third kappa shape index (κ3) is 4.08. The first-order valence-corrected chi connectivity index (χ1v) is 6.18. The van der Waals surface area contributed by atoms with Crippen molar-refractivity contribution < 1.29 is 9.53 Å². The van der Waals surface area contributed by atoms with E-state index in [9.17, 15) is 4.79 Å². The Morgan fingerprint density at radius 2 is 2.27 bits per heavy atom. The Hall–Kier alpha value is -0.140. The van der Waals surface area contributed by atoms with Gasteiger partial charge >= 0.3 is 5.97 Å². The second-order valence-corrected chi connectivity index (χ2v) is 5.25. The second-order valence-electron chi connectivity index (χ2n) is 3.09. The van der Waals surface area contributed by atoms with Crippen LogP contribution in [-0.4, -0.2) is 13.1 Å². The Morgan fingerprint density at radius 1 is 1.60 bits per heavy atom. The minimum atomic E-state index is -0.316. The Bertz CT molecular complexity index is 350. The SMILES string of the molecule is COC(=O)C[C@H](N)c1cc(Br)cc(I)c1. The number of hydrogen-bond acceptors (Lipinski definition) is 3. The molecular formula is C10H11BrINO2. The lowest BCUT2D eigenvalue weighted by molar-refractivity contribution is -0.141. The van der Waals surface area contributed by atoms with Gasteiger partial charge in [0.2, 0.25) is 0 Å². The van der Waals surface area contributed by atoms with Crippen molar-refractivity contribution in [2.45, 2.75) is 12.5 Å². The maximum atomic E-state index is 11.0. The Morgan fingerprint density at radius 3 is 2.80 bits per heavy atom. The minimum absolute atomic E-state index is 0.197. The number of nitrogens with two attached hydrogens (primary N) is 1. The van der Waals surface area contributed by atoms with Gasteiger partial charge in [-0.3, -0.25) is 4.79 Å². The molecule has 0 aliphatic carbocycles. The molecule has 0 aromatic heterocycles. The molecule has 0 bridgehead atoms. The third-order valence-corrected chi connectivity index (χ3v) is 3.01. The molecule has 0 aliphatic heterocycles. The molecular weight excluding hydrogens is 373 g/mol. The highest BCUT2D eigenvalue weighted by Crippen LogP contribution is 2.22. The van der Waals surface area contributed by atoms with Gasteiger partial charge in [0.1, 0.15) is 0 Å². The van der Waals surface area contributed by atoms with Gasteiger partial charge in [0.25, 0.3) is 0 Å². The third-order valence-electron chi connectivity index (χ3n) is 1.93. The molecule has 2 N–H and O–H groups in total. The number of ether oxygens (including phenoxy) is 1. The molecule has 1 aromatic rings. The normalized spacial score (nSPS) is 12.3. The molecule has 0 unspecified atom stereocenters. The van der Waals surface area contributed by atoms with E-state index in [1.165, 1.54) is 7.11 Å². The molecule has 0 saturated carbocycles. The van der Waals surface area contributed by atoms with Gasteiger partial charge in [0.15, 0.2) is 0 Å². The van der Waals surface area contributed by atoms with E-state index in [0.717, 1.165) is 13.6 Å². The van der Waals surface area contributed by atoms with Crippen molar-refractivity contribution >= 4 is 44.5 Å². The van der Waals surface area contributed by atoms with Gasteiger partial charge in [-0.05, 0) is 46.4 Å². The van der Waals surface area contributed by atoms with Gasteiger partial charge in [0.05, 0.1) is 13.5 Å². The number of hydrogen-bond donors (Lipinski definition) is 1. The maximum Gasteiger partial charge on any atom is 0.307 e. The minimum Gasteiger partial charge on any atom is -0.469 e. The number of esters is 1. The number of benzene rings is 1. The van der Waals surface area contributed by atoms with Crippen molar-refractivity contribution in [1.29, 1.82) is 0 Å². The van der Waals surface area contributed by atoms with Crippen molar-refractivity contribution in [2.75, 3.05) is 7.11 Å². The molecule has 15 heavy (non-hydrogen) atoms. The molecule has 1 aromatic carbocycles. The van der Waals surface area contributed by atoms with E-state index in [2.05, 4.69) is 43.3 Å².